The van der Waals surface area contributed by atoms with Gasteiger partial charge in [-0.3, -0.25) is 4.79 Å². The second-order valence-corrected chi connectivity index (χ2v) is 9.89. The molecule has 0 bridgehead atoms. The molecule has 1 N–H and O–H groups in total. The Morgan fingerprint density at radius 2 is 1.49 bits per heavy atom. The van der Waals surface area contributed by atoms with Gasteiger partial charge in [0, 0.05) is 4.90 Å². The number of hydrogen-bond acceptors (Lipinski definition) is 3. The first kappa shape index (κ1) is 26.4. The summed E-state index contributed by atoms with van der Waals surface area (Å²) in [5.74, 6) is -0.150. The lowest BCUT2D eigenvalue weighted by Crippen LogP contribution is -2.30. The lowest BCUT2D eigenvalue weighted by molar-refractivity contribution is -0.139. The van der Waals surface area contributed by atoms with Crippen molar-refractivity contribution in [2.75, 3.05) is 6.61 Å². The highest BCUT2D eigenvalue weighted by Crippen LogP contribution is 2.36. The van der Waals surface area contributed by atoms with E-state index in [1.54, 1.807) is 6.92 Å². The van der Waals surface area contributed by atoms with Crippen LogP contribution in [0.2, 0.25) is 0 Å². The Bertz CT molecular complexity index is 1170. The van der Waals surface area contributed by atoms with Gasteiger partial charge in [-0.25, -0.2) is 0 Å². The normalized spacial score (nSPS) is 13.8. The van der Waals surface area contributed by atoms with Crippen molar-refractivity contribution in [1.82, 2.24) is 0 Å². The Labute approximate surface area is 207 Å². The maximum atomic E-state index is 12.8. The molecule has 3 nitrogen and oxygen atoms in total. The molecule has 35 heavy (non-hydrogen) atoms. The van der Waals surface area contributed by atoms with Gasteiger partial charge >= 0.3 is 12.1 Å². The van der Waals surface area contributed by atoms with Crippen LogP contribution in [0.25, 0.3) is 16.7 Å². The Morgan fingerprint density at radius 3 is 1.97 bits per heavy atom. The monoisotopic (exact) mass is 500 g/mol. The molecule has 0 heterocycles. The summed E-state index contributed by atoms with van der Waals surface area (Å²) in [7, 11) is 0. The quantitative estimate of drug-likeness (QED) is 0.301. The van der Waals surface area contributed by atoms with Crippen LogP contribution in [0.3, 0.4) is 0 Å². The number of hydrogen-bond donors (Lipinski definition) is 1. The molecule has 0 fully saturated rings. The van der Waals surface area contributed by atoms with Crippen LogP contribution >= 0.6 is 11.8 Å². The second kappa shape index (κ2) is 11.0. The molecule has 0 unspecified atom stereocenters. The molecule has 3 aromatic carbocycles. The third kappa shape index (κ3) is 6.92. The van der Waals surface area contributed by atoms with E-state index in [-0.39, 0.29) is 0 Å². The summed E-state index contributed by atoms with van der Waals surface area (Å²) in [6.07, 6.45) is -1.88. The fourth-order valence-electron chi connectivity index (χ4n) is 3.29. The van der Waals surface area contributed by atoms with Crippen LogP contribution in [-0.2, 0) is 11.0 Å². The van der Waals surface area contributed by atoms with E-state index >= 15 is 0 Å². The number of aliphatic carboxylic acids is 1. The molecule has 0 saturated heterocycles. The van der Waals surface area contributed by atoms with E-state index in [9.17, 15) is 23.1 Å². The standard InChI is InChI=1S/C28H27F3O3S/c1-4-27(3,26(32)33)35-25-15-13-24(14-16-25)34-18-17-19(2)20-5-7-21(8-6-20)22-9-11-23(12-10-22)28(29,30)31/h5-17H,4,18H2,1-3H3,(H,32,33)/t27-/m0/s1. The Kier molecular flexibility index (Phi) is 8.33. The number of carboxylic acid groups (broad SMARTS) is 1. The van der Waals surface area contributed by atoms with Gasteiger partial charge in [0.2, 0.25) is 0 Å². The number of halogens is 3. The molecule has 3 rings (SSSR count). The molecule has 0 aliphatic heterocycles. The predicted molar refractivity (Wildman–Crippen MR) is 135 cm³/mol. The van der Waals surface area contributed by atoms with Crippen molar-refractivity contribution in [3.63, 3.8) is 0 Å². The zero-order valence-electron chi connectivity index (χ0n) is 19.7. The van der Waals surface area contributed by atoms with E-state index < -0.39 is 22.5 Å². The minimum absolute atomic E-state index is 0.362. The number of carboxylic acids is 1. The molecule has 0 saturated carbocycles. The third-order valence-corrected chi connectivity index (χ3v) is 7.24. The number of ether oxygens (including phenoxy) is 1. The van der Waals surface area contributed by atoms with Crippen LogP contribution in [0.1, 0.15) is 38.3 Å². The summed E-state index contributed by atoms with van der Waals surface area (Å²) >= 11 is 1.32. The summed E-state index contributed by atoms with van der Waals surface area (Å²) in [6.45, 7) is 5.90. The van der Waals surface area contributed by atoms with Crippen LogP contribution in [0.4, 0.5) is 13.2 Å². The first-order chi connectivity index (χ1) is 16.5. The van der Waals surface area contributed by atoms with Gasteiger partial charge in [0.1, 0.15) is 17.1 Å². The van der Waals surface area contributed by atoms with E-state index in [0.29, 0.717) is 18.8 Å². The zero-order valence-corrected chi connectivity index (χ0v) is 20.5. The van der Waals surface area contributed by atoms with Crippen molar-refractivity contribution in [2.24, 2.45) is 0 Å². The Morgan fingerprint density at radius 1 is 0.943 bits per heavy atom. The summed E-state index contributed by atoms with van der Waals surface area (Å²) in [5, 5.41) is 9.43. The van der Waals surface area contributed by atoms with Gasteiger partial charge in [0.25, 0.3) is 0 Å². The fraction of sp³-hybridized carbons (Fsp3) is 0.250. The average Bonchev–Trinajstić information content (AvgIpc) is 2.84. The molecule has 0 aliphatic carbocycles. The number of alkyl halides is 3. The molecule has 1 atom stereocenters. The maximum Gasteiger partial charge on any atom is 0.416 e. The highest BCUT2D eigenvalue weighted by Gasteiger charge is 2.32. The molecule has 184 valence electrons. The molecule has 0 spiro atoms. The molecule has 0 aliphatic rings. The van der Waals surface area contributed by atoms with E-state index in [4.69, 9.17) is 4.74 Å². The number of thioether (sulfide) groups is 1. The highest BCUT2D eigenvalue weighted by molar-refractivity contribution is 8.01. The fourth-order valence-corrected chi connectivity index (χ4v) is 4.31. The van der Waals surface area contributed by atoms with E-state index in [1.807, 2.05) is 68.5 Å². The van der Waals surface area contributed by atoms with Crippen molar-refractivity contribution in [1.29, 1.82) is 0 Å². The average molecular weight is 501 g/mol. The van der Waals surface area contributed by atoms with E-state index in [2.05, 4.69) is 0 Å². The molecule has 0 radical (unpaired) electrons. The van der Waals surface area contributed by atoms with E-state index in [1.165, 1.54) is 23.9 Å². The molecular formula is C28H27F3O3S. The number of benzene rings is 3. The number of carbonyl (C=O) groups is 1. The minimum Gasteiger partial charge on any atom is -0.490 e. The van der Waals surface area contributed by atoms with Crippen LogP contribution in [0.5, 0.6) is 5.75 Å². The van der Waals surface area contributed by atoms with Gasteiger partial charge in [0.05, 0.1) is 5.56 Å². The molecule has 7 heteroatoms. The molecular weight excluding hydrogens is 473 g/mol. The van der Waals surface area contributed by atoms with Gasteiger partial charge in [-0.1, -0.05) is 43.3 Å². The van der Waals surface area contributed by atoms with Gasteiger partial charge in [-0.05, 0) is 85.0 Å². The molecule has 0 amide bonds. The van der Waals surface area contributed by atoms with E-state index in [0.717, 1.165) is 39.3 Å². The summed E-state index contributed by atoms with van der Waals surface area (Å²) in [4.78, 5) is 12.4. The van der Waals surface area contributed by atoms with Crippen molar-refractivity contribution in [3.05, 3.63) is 90.0 Å². The number of allylic oxidation sites excluding steroid dienone is 1. The smallest absolute Gasteiger partial charge is 0.416 e. The topological polar surface area (TPSA) is 46.5 Å². The van der Waals surface area contributed by atoms with Crippen molar-refractivity contribution >= 4 is 23.3 Å². The second-order valence-electron chi connectivity index (χ2n) is 8.31. The lowest BCUT2D eigenvalue weighted by Gasteiger charge is -2.22. The molecule has 3 aromatic rings. The summed E-state index contributed by atoms with van der Waals surface area (Å²) in [5.41, 5.74) is 2.90. The zero-order chi connectivity index (χ0) is 25.6. The van der Waals surface area contributed by atoms with Crippen LogP contribution in [-0.4, -0.2) is 22.4 Å². The van der Waals surface area contributed by atoms with Crippen molar-refractivity contribution < 1.29 is 27.8 Å². The lowest BCUT2D eigenvalue weighted by atomic mass is 10.00. The number of rotatable bonds is 9. The summed E-state index contributed by atoms with van der Waals surface area (Å²) in [6, 6.07) is 20.1. The summed E-state index contributed by atoms with van der Waals surface area (Å²) < 4.78 is 43.2. The largest absolute Gasteiger partial charge is 0.490 e. The Hall–Kier alpha value is -3.19. The van der Waals surface area contributed by atoms with Crippen LogP contribution in [0.15, 0.2) is 83.8 Å². The van der Waals surface area contributed by atoms with Crippen molar-refractivity contribution in [3.8, 4) is 16.9 Å². The van der Waals surface area contributed by atoms with Gasteiger partial charge in [0.15, 0.2) is 0 Å². The first-order valence-corrected chi connectivity index (χ1v) is 11.9. The van der Waals surface area contributed by atoms with Crippen LogP contribution < -0.4 is 4.74 Å². The first-order valence-electron chi connectivity index (χ1n) is 11.1. The third-order valence-electron chi connectivity index (χ3n) is 5.82. The van der Waals surface area contributed by atoms with Gasteiger partial charge in [-0.15, -0.1) is 11.8 Å². The van der Waals surface area contributed by atoms with Crippen LogP contribution in [0, 0.1) is 0 Å². The van der Waals surface area contributed by atoms with Gasteiger partial charge < -0.3 is 9.84 Å². The Balaban J connectivity index is 1.58. The maximum absolute atomic E-state index is 12.8. The van der Waals surface area contributed by atoms with Gasteiger partial charge in [-0.2, -0.15) is 13.2 Å². The SMILES string of the molecule is CC[C@](C)(Sc1ccc(OCC=C(C)c2ccc(-c3ccc(C(F)(F)F)cc3)cc2)cc1)C(=O)O. The van der Waals surface area contributed by atoms with Crippen molar-refractivity contribution in [2.45, 2.75) is 43.0 Å². The minimum atomic E-state index is -4.34. The highest BCUT2D eigenvalue weighted by atomic mass is 32.2. The molecule has 0 aromatic heterocycles. The predicted octanol–water partition coefficient (Wildman–Crippen LogP) is 8.20.